The summed E-state index contributed by atoms with van der Waals surface area (Å²) in [4.78, 5) is 42.7. The molecule has 44 heavy (non-hydrogen) atoms. The first-order chi connectivity index (χ1) is 21.1. The van der Waals surface area contributed by atoms with E-state index >= 15 is 0 Å². The van der Waals surface area contributed by atoms with Gasteiger partial charge in [0.25, 0.3) is 5.91 Å². The van der Waals surface area contributed by atoms with Gasteiger partial charge in [0, 0.05) is 18.0 Å². The summed E-state index contributed by atoms with van der Waals surface area (Å²) in [6.07, 6.45) is 6.33. The molecule has 7 nitrogen and oxygen atoms in total. The number of aryl methyl sites for hydroxylation is 1. The molecule has 3 amide bonds. The number of carbonyl (C=O) groups excluding carboxylic acids is 3. The zero-order chi connectivity index (χ0) is 32.1. The van der Waals surface area contributed by atoms with E-state index in [4.69, 9.17) is 4.74 Å². The Balaban J connectivity index is 1.97. The zero-order valence-electron chi connectivity index (χ0n) is 26.9. The molecule has 3 rings (SSSR count). The Morgan fingerprint density at radius 3 is 2.16 bits per heavy atom. The number of hydrogen-bond acceptors (Lipinski definition) is 5. The van der Waals surface area contributed by atoms with Crippen LogP contribution in [0.15, 0.2) is 66.7 Å². The molecule has 0 aliphatic heterocycles. The van der Waals surface area contributed by atoms with Crippen LogP contribution in [0, 0.1) is 0 Å². The molecule has 8 heteroatoms. The molecule has 3 aromatic carbocycles. The number of rotatable bonds is 15. The predicted octanol–water partition coefficient (Wildman–Crippen LogP) is 8.09. The SMILES string of the molecule is CCCCCCCCN(C(=O)C(CS)NC(=O)OC(C)(C)C)C(C(=O)Nc1ccc2ccccc2c1)c1ccc(CC)cc1. The zero-order valence-corrected chi connectivity index (χ0v) is 27.8. The van der Waals surface area contributed by atoms with Crippen LogP contribution in [-0.2, 0) is 20.7 Å². The molecule has 0 aliphatic carbocycles. The van der Waals surface area contributed by atoms with Crippen LogP contribution in [0.4, 0.5) is 10.5 Å². The minimum absolute atomic E-state index is 0.0544. The number of hydrogen-bond donors (Lipinski definition) is 3. The van der Waals surface area contributed by atoms with Gasteiger partial charge in [-0.2, -0.15) is 12.6 Å². The molecule has 0 aliphatic rings. The number of fused-ring (bicyclic) bond motifs is 1. The molecule has 0 heterocycles. The lowest BCUT2D eigenvalue weighted by molar-refractivity contribution is -0.140. The first kappa shape index (κ1) is 35.0. The van der Waals surface area contributed by atoms with Crippen molar-refractivity contribution >= 4 is 47.0 Å². The Morgan fingerprint density at radius 2 is 1.52 bits per heavy atom. The minimum atomic E-state index is -0.973. The van der Waals surface area contributed by atoms with E-state index in [2.05, 4.69) is 37.1 Å². The number of benzene rings is 3. The lowest BCUT2D eigenvalue weighted by Crippen LogP contribution is -2.53. The highest BCUT2D eigenvalue weighted by Crippen LogP contribution is 2.27. The van der Waals surface area contributed by atoms with Crippen LogP contribution in [0.25, 0.3) is 10.8 Å². The molecular weight excluding hydrogens is 570 g/mol. The van der Waals surface area contributed by atoms with Crippen molar-refractivity contribution in [1.29, 1.82) is 0 Å². The highest BCUT2D eigenvalue weighted by atomic mass is 32.1. The van der Waals surface area contributed by atoms with Gasteiger partial charge in [0.2, 0.25) is 5.91 Å². The molecule has 238 valence electrons. The Morgan fingerprint density at radius 1 is 0.864 bits per heavy atom. The normalized spacial score (nSPS) is 12.8. The van der Waals surface area contributed by atoms with Crippen LogP contribution in [0.3, 0.4) is 0 Å². The first-order valence-corrected chi connectivity index (χ1v) is 16.5. The number of alkyl carbamates (subject to hydrolysis) is 1. The number of thiol groups is 1. The van der Waals surface area contributed by atoms with Gasteiger partial charge in [-0.25, -0.2) is 4.79 Å². The summed E-state index contributed by atoms with van der Waals surface area (Å²) in [6.45, 7) is 9.91. The van der Waals surface area contributed by atoms with Crippen molar-refractivity contribution in [1.82, 2.24) is 10.2 Å². The van der Waals surface area contributed by atoms with E-state index in [9.17, 15) is 14.4 Å². The van der Waals surface area contributed by atoms with E-state index in [-0.39, 0.29) is 17.6 Å². The minimum Gasteiger partial charge on any atom is -0.444 e. The van der Waals surface area contributed by atoms with Crippen LogP contribution in [-0.4, -0.2) is 46.7 Å². The number of unbranched alkanes of at least 4 members (excludes halogenated alkanes) is 5. The van der Waals surface area contributed by atoms with Crippen LogP contribution in [0.5, 0.6) is 0 Å². The van der Waals surface area contributed by atoms with E-state index in [1.54, 1.807) is 25.7 Å². The fraction of sp³-hybridized carbons (Fsp3) is 0.472. The standard InChI is InChI=1S/C36H49N3O4S/c1-6-8-9-10-11-14-23-39(34(41)31(25-44)38-35(42)43-36(3,4)5)32(28-19-17-26(7-2)18-20-28)33(40)37-30-22-21-27-15-12-13-16-29(27)24-30/h12-13,15-22,24,31-32,44H,6-11,14,23,25H2,1-5H3,(H,37,40)(H,38,42). The van der Waals surface area contributed by atoms with E-state index in [1.807, 2.05) is 66.7 Å². The van der Waals surface area contributed by atoms with Gasteiger partial charge >= 0.3 is 6.09 Å². The summed E-state index contributed by atoms with van der Waals surface area (Å²) in [5.74, 6) is -0.643. The van der Waals surface area contributed by atoms with Gasteiger partial charge in [0.15, 0.2) is 0 Å². The summed E-state index contributed by atoms with van der Waals surface area (Å²) in [7, 11) is 0. The molecule has 2 N–H and O–H groups in total. The average molecular weight is 620 g/mol. The summed E-state index contributed by atoms with van der Waals surface area (Å²) in [5, 5.41) is 7.85. The number of nitrogens with one attached hydrogen (secondary N) is 2. The lowest BCUT2D eigenvalue weighted by Gasteiger charge is -2.34. The molecule has 0 aromatic heterocycles. The van der Waals surface area contributed by atoms with Gasteiger partial charge in [-0.15, -0.1) is 0 Å². The molecule has 0 bridgehead atoms. The third kappa shape index (κ3) is 10.6. The van der Waals surface area contributed by atoms with Crippen molar-refractivity contribution in [2.24, 2.45) is 0 Å². The van der Waals surface area contributed by atoms with Gasteiger partial charge < -0.3 is 20.3 Å². The average Bonchev–Trinajstić information content (AvgIpc) is 2.99. The molecule has 0 spiro atoms. The van der Waals surface area contributed by atoms with Crippen molar-refractivity contribution in [3.05, 3.63) is 77.9 Å². The van der Waals surface area contributed by atoms with Gasteiger partial charge in [0.05, 0.1) is 0 Å². The van der Waals surface area contributed by atoms with E-state index in [0.717, 1.165) is 54.9 Å². The Labute approximate surface area is 268 Å². The van der Waals surface area contributed by atoms with E-state index in [1.165, 1.54) is 6.42 Å². The van der Waals surface area contributed by atoms with Crippen LogP contribution < -0.4 is 10.6 Å². The number of nitrogens with zero attached hydrogens (tertiary/aromatic N) is 1. The van der Waals surface area contributed by atoms with Crippen molar-refractivity contribution in [2.75, 3.05) is 17.6 Å². The highest BCUT2D eigenvalue weighted by Gasteiger charge is 2.35. The maximum absolute atomic E-state index is 14.2. The van der Waals surface area contributed by atoms with Crippen molar-refractivity contribution < 1.29 is 19.1 Å². The van der Waals surface area contributed by atoms with Gasteiger partial charge in [-0.05, 0) is 67.6 Å². The molecule has 0 fully saturated rings. The fourth-order valence-corrected chi connectivity index (χ4v) is 5.40. The largest absolute Gasteiger partial charge is 0.444 e. The van der Waals surface area contributed by atoms with Crippen LogP contribution in [0.1, 0.15) is 90.3 Å². The summed E-state index contributed by atoms with van der Waals surface area (Å²) in [5.41, 5.74) is 1.76. The van der Waals surface area contributed by atoms with Crippen molar-refractivity contribution in [3.8, 4) is 0 Å². The number of carbonyl (C=O) groups is 3. The summed E-state index contributed by atoms with van der Waals surface area (Å²) < 4.78 is 5.43. The van der Waals surface area contributed by atoms with Crippen molar-refractivity contribution in [2.45, 2.75) is 97.2 Å². The number of anilines is 1. The second-order valence-electron chi connectivity index (χ2n) is 12.2. The third-order valence-electron chi connectivity index (χ3n) is 7.49. The molecule has 2 atom stereocenters. The number of amides is 3. The summed E-state index contributed by atoms with van der Waals surface area (Å²) >= 11 is 4.41. The quantitative estimate of drug-likeness (QED) is 0.119. The highest BCUT2D eigenvalue weighted by molar-refractivity contribution is 7.80. The second kappa shape index (κ2) is 17.1. The topological polar surface area (TPSA) is 87.7 Å². The van der Waals surface area contributed by atoms with Gasteiger partial charge in [0.1, 0.15) is 17.7 Å². The van der Waals surface area contributed by atoms with Crippen LogP contribution >= 0.6 is 12.6 Å². The molecular formula is C36H49N3O4S. The van der Waals surface area contributed by atoms with E-state index < -0.39 is 23.8 Å². The third-order valence-corrected chi connectivity index (χ3v) is 7.85. The van der Waals surface area contributed by atoms with Crippen molar-refractivity contribution in [3.63, 3.8) is 0 Å². The molecule has 0 saturated carbocycles. The van der Waals surface area contributed by atoms with Crippen LogP contribution in [0.2, 0.25) is 0 Å². The first-order valence-electron chi connectivity index (χ1n) is 15.9. The Bertz CT molecular complexity index is 1370. The Hall–Kier alpha value is -3.52. The van der Waals surface area contributed by atoms with E-state index in [0.29, 0.717) is 17.8 Å². The second-order valence-corrected chi connectivity index (χ2v) is 12.6. The predicted molar refractivity (Wildman–Crippen MR) is 183 cm³/mol. The molecule has 0 radical (unpaired) electrons. The number of ether oxygens (including phenoxy) is 1. The molecule has 0 saturated heterocycles. The molecule has 2 unspecified atom stereocenters. The fourth-order valence-electron chi connectivity index (χ4n) is 5.15. The maximum Gasteiger partial charge on any atom is 0.408 e. The van der Waals surface area contributed by atoms with Gasteiger partial charge in [-0.1, -0.05) is 101 Å². The Kier molecular flexibility index (Phi) is 13.6. The maximum atomic E-state index is 14.2. The molecule has 3 aromatic rings. The monoisotopic (exact) mass is 619 g/mol. The van der Waals surface area contributed by atoms with Gasteiger partial charge in [-0.3, -0.25) is 9.59 Å². The smallest absolute Gasteiger partial charge is 0.408 e. The lowest BCUT2D eigenvalue weighted by atomic mass is 9.99. The summed E-state index contributed by atoms with van der Waals surface area (Å²) in [6, 6.07) is 19.7.